The summed E-state index contributed by atoms with van der Waals surface area (Å²) in [5.74, 6) is -0.370. The zero-order valence-corrected chi connectivity index (χ0v) is 15.6. The van der Waals surface area contributed by atoms with Crippen LogP contribution in [0.5, 0.6) is 0 Å². The number of rotatable bonds is 3. The topological polar surface area (TPSA) is 59.2 Å². The Kier molecular flexibility index (Phi) is 7.16. The minimum atomic E-state index is -0.326. The highest BCUT2D eigenvalue weighted by molar-refractivity contribution is 7.16. The van der Waals surface area contributed by atoms with Crippen LogP contribution in [0.15, 0.2) is 30.5 Å². The number of likely N-dealkylation sites (tertiary alicyclic amines) is 1. The normalized spacial score (nSPS) is 19.5. The van der Waals surface area contributed by atoms with Gasteiger partial charge >= 0.3 is 0 Å². The molecule has 0 bridgehead atoms. The third kappa shape index (κ3) is 4.06. The molecule has 1 aliphatic heterocycles. The number of amides is 1. The van der Waals surface area contributed by atoms with Gasteiger partial charge in [0, 0.05) is 18.7 Å². The average molecular weight is 392 g/mol. The van der Waals surface area contributed by atoms with Crippen LogP contribution in [0.1, 0.15) is 23.0 Å². The fourth-order valence-corrected chi connectivity index (χ4v) is 3.56. The smallest absolute Gasteiger partial charge is 0.265 e. The van der Waals surface area contributed by atoms with Crippen molar-refractivity contribution in [3.8, 4) is 10.6 Å². The van der Waals surface area contributed by atoms with Gasteiger partial charge in [-0.3, -0.25) is 4.79 Å². The standard InChI is InChI=1S/C16H18FN3OS.2ClH/c1-16(9-18)6-7-20(10-16)15(21)13-8-19-14(22-13)11-4-2-3-5-12(11)17;;/h2-5,8H,6-7,9-10,18H2,1H3;2*1H. The zero-order valence-electron chi connectivity index (χ0n) is 13.2. The number of hydrogen-bond donors (Lipinski definition) is 1. The summed E-state index contributed by atoms with van der Waals surface area (Å²) in [5.41, 5.74) is 6.20. The van der Waals surface area contributed by atoms with Crippen LogP contribution in [0.4, 0.5) is 4.39 Å². The van der Waals surface area contributed by atoms with Crippen molar-refractivity contribution >= 4 is 42.1 Å². The van der Waals surface area contributed by atoms with Crippen LogP contribution in [0.3, 0.4) is 0 Å². The summed E-state index contributed by atoms with van der Waals surface area (Å²) in [7, 11) is 0. The molecule has 4 nitrogen and oxygen atoms in total. The van der Waals surface area contributed by atoms with Gasteiger partial charge < -0.3 is 10.6 Å². The lowest BCUT2D eigenvalue weighted by Gasteiger charge is -2.22. The monoisotopic (exact) mass is 391 g/mol. The van der Waals surface area contributed by atoms with Crippen LogP contribution in [0.25, 0.3) is 10.6 Å². The molecule has 0 spiro atoms. The van der Waals surface area contributed by atoms with Crippen molar-refractivity contribution in [3.63, 3.8) is 0 Å². The van der Waals surface area contributed by atoms with E-state index in [1.54, 1.807) is 18.2 Å². The van der Waals surface area contributed by atoms with Gasteiger partial charge in [-0.2, -0.15) is 0 Å². The van der Waals surface area contributed by atoms with E-state index in [9.17, 15) is 9.18 Å². The van der Waals surface area contributed by atoms with Gasteiger partial charge in [-0.1, -0.05) is 19.1 Å². The Labute approximate surface area is 157 Å². The first kappa shape index (κ1) is 20.8. The number of benzene rings is 1. The molecule has 1 aromatic heterocycles. The van der Waals surface area contributed by atoms with Gasteiger partial charge in [-0.15, -0.1) is 36.2 Å². The lowest BCUT2D eigenvalue weighted by molar-refractivity contribution is 0.0781. The number of hydrogen-bond acceptors (Lipinski definition) is 4. The first-order valence-corrected chi connectivity index (χ1v) is 8.04. The number of nitrogens with two attached hydrogens (primary N) is 1. The molecular formula is C16H20Cl2FN3OS. The second-order valence-electron chi connectivity index (χ2n) is 6.00. The molecule has 1 aromatic carbocycles. The lowest BCUT2D eigenvalue weighted by Crippen LogP contribution is -2.34. The predicted octanol–water partition coefficient (Wildman–Crippen LogP) is 3.60. The summed E-state index contributed by atoms with van der Waals surface area (Å²) in [6, 6.07) is 6.46. The maximum Gasteiger partial charge on any atom is 0.265 e. The number of aromatic nitrogens is 1. The summed E-state index contributed by atoms with van der Waals surface area (Å²) >= 11 is 1.23. The molecule has 1 fully saturated rings. The molecule has 24 heavy (non-hydrogen) atoms. The van der Waals surface area contributed by atoms with Gasteiger partial charge in [0.2, 0.25) is 0 Å². The molecule has 0 aliphatic carbocycles. The third-order valence-electron chi connectivity index (χ3n) is 4.16. The SMILES string of the molecule is CC1(CN)CCN(C(=O)c2cnc(-c3ccccc3F)s2)C1.Cl.Cl. The molecular weight excluding hydrogens is 372 g/mol. The first-order chi connectivity index (χ1) is 10.5. The Morgan fingerprint density at radius 2 is 2.12 bits per heavy atom. The van der Waals surface area contributed by atoms with Crippen LogP contribution < -0.4 is 5.73 Å². The predicted molar refractivity (Wildman–Crippen MR) is 99.7 cm³/mol. The van der Waals surface area contributed by atoms with Crippen LogP contribution in [0, 0.1) is 11.2 Å². The Balaban J connectivity index is 0.00000144. The molecule has 2 aromatic rings. The number of halogens is 3. The van der Waals surface area contributed by atoms with Crippen molar-refractivity contribution in [2.45, 2.75) is 13.3 Å². The summed E-state index contributed by atoms with van der Waals surface area (Å²) in [5, 5.41) is 0.530. The van der Waals surface area contributed by atoms with Crippen molar-refractivity contribution in [1.29, 1.82) is 0 Å². The van der Waals surface area contributed by atoms with Crippen molar-refractivity contribution in [3.05, 3.63) is 41.2 Å². The molecule has 3 rings (SSSR count). The Morgan fingerprint density at radius 3 is 2.75 bits per heavy atom. The van der Waals surface area contributed by atoms with Gasteiger partial charge in [0.1, 0.15) is 15.7 Å². The number of carbonyl (C=O) groups is 1. The number of carbonyl (C=O) groups excluding carboxylic acids is 1. The van der Waals surface area contributed by atoms with E-state index in [0.29, 0.717) is 35.1 Å². The second kappa shape index (κ2) is 8.25. The Morgan fingerprint density at radius 1 is 1.42 bits per heavy atom. The van der Waals surface area contributed by atoms with Crippen molar-refractivity contribution < 1.29 is 9.18 Å². The van der Waals surface area contributed by atoms with Gasteiger partial charge in [0.25, 0.3) is 5.91 Å². The highest BCUT2D eigenvalue weighted by Gasteiger charge is 2.35. The number of nitrogens with zero attached hydrogens (tertiary/aromatic N) is 2. The minimum absolute atomic E-state index is 0. The molecule has 1 atom stereocenters. The first-order valence-electron chi connectivity index (χ1n) is 7.22. The van der Waals surface area contributed by atoms with Gasteiger partial charge in [0.05, 0.1) is 6.20 Å². The molecule has 132 valence electrons. The molecule has 1 unspecified atom stereocenters. The van der Waals surface area contributed by atoms with Gasteiger partial charge in [-0.25, -0.2) is 9.37 Å². The maximum absolute atomic E-state index is 13.8. The van der Waals surface area contributed by atoms with E-state index in [-0.39, 0.29) is 42.0 Å². The summed E-state index contributed by atoms with van der Waals surface area (Å²) < 4.78 is 13.8. The fraction of sp³-hybridized carbons (Fsp3) is 0.375. The minimum Gasteiger partial charge on any atom is -0.337 e. The molecule has 0 radical (unpaired) electrons. The summed E-state index contributed by atoms with van der Waals surface area (Å²) in [6.45, 7) is 4.03. The van der Waals surface area contributed by atoms with Gasteiger partial charge in [-0.05, 0) is 30.5 Å². The highest BCUT2D eigenvalue weighted by atomic mass is 35.5. The van der Waals surface area contributed by atoms with Crippen molar-refractivity contribution in [2.24, 2.45) is 11.1 Å². The van der Waals surface area contributed by atoms with Crippen LogP contribution in [0.2, 0.25) is 0 Å². The second-order valence-corrected chi connectivity index (χ2v) is 7.03. The van der Waals surface area contributed by atoms with Crippen molar-refractivity contribution in [2.75, 3.05) is 19.6 Å². The highest BCUT2D eigenvalue weighted by Crippen LogP contribution is 2.32. The lowest BCUT2D eigenvalue weighted by atomic mass is 9.90. The average Bonchev–Trinajstić information content (AvgIpc) is 3.15. The molecule has 1 amide bonds. The van der Waals surface area contributed by atoms with E-state index in [1.165, 1.54) is 23.6 Å². The molecule has 8 heteroatoms. The van der Waals surface area contributed by atoms with Crippen molar-refractivity contribution in [1.82, 2.24) is 9.88 Å². The van der Waals surface area contributed by atoms with E-state index in [1.807, 2.05) is 4.90 Å². The van der Waals surface area contributed by atoms with Crippen LogP contribution in [-0.2, 0) is 0 Å². The van der Waals surface area contributed by atoms with E-state index in [0.717, 1.165) is 6.42 Å². The Hall–Kier alpha value is -1.21. The molecule has 1 aliphatic rings. The third-order valence-corrected chi connectivity index (χ3v) is 5.18. The fourth-order valence-electron chi connectivity index (χ4n) is 2.65. The van der Waals surface area contributed by atoms with E-state index in [4.69, 9.17) is 5.73 Å². The van der Waals surface area contributed by atoms with E-state index in [2.05, 4.69) is 11.9 Å². The molecule has 0 saturated carbocycles. The summed E-state index contributed by atoms with van der Waals surface area (Å²) in [4.78, 5) is 19.1. The quantitative estimate of drug-likeness (QED) is 0.868. The van der Waals surface area contributed by atoms with Crippen LogP contribution in [-0.4, -0.2) is 35.4 Å². The van der Waals surface area contributed by atoms with Gasteiger partial charge in [0.15, 0.2) is 0 Å². The van der Waals surface area contributed by atoms with E-state index < -0.39 is 0 Å². The summed E-state index contributed by atoms with van der Waals surface area (Å²) in [6.07, 6.45) is 2.45. The number of thiazole rings is 1. The van der Waals surface area contributed by atoms with Crippen LogP contribution >= 0.6 is 36.2 Å². The van der Waals surface area contributed by atoms with E-state index >= 15 is 0 Å². The largest absolute Gasteiger partial charge is 0.337 e. The molecule has 1 saturated heterocycles. The maximum atomic E-state index is 13.8. The Bertz CT molecular complexity index is 712. The molecule has 2 N–H and O–H groups in total. The zero-order chi connectivity index (χ0) is 15.7. The molecule has 2 heterocycles.